The topological polar surface area (TPSA) is 96.7 Å². The average molecular weight is 485 g/mol. The summed E-state index contributed by atoms with van der Waals surface area (Å²) in [6.45, 7) is 3.64. The van der Waals surface area contributed by atoms with Crippen LogP contribution in [0.4, 0.5) is 0 Å². The molecule has 9 nitrogen and oxygen atoms in total. The average Bonchev–Trinajstić information content (AvgIpc) is 3.48. The highest BCUT2D eigenvalue weighted by Crippen LogP contribution is 2.32. The smallest absolute Gasteiger partial charge is 0.251 e. The fourth-order valence-electron chi connectivity index (χ4n) is 3.63. The Morgan fingerprint density at radius 3 is 2.62 bits per heavy atom. The number of carbonyl (C=O) groups excluding carboxylic acids is 1. The molecule has 1 aromatic heterocycles. The number of carbonyl (C=O) groups is 1. The van der Waals surface area contributed by atoms with Gasteiger partial charge >= 0.3 is 0 Å². The fourth-order valence-corrected chi connectivity index (χ4v) is 4.64. The van der Waals surface area contributed by atoms with Crippen LogP contribution < -0.4 is 14.8 Å². The second-order valence-corrected chi connectivity index (χ2v) is 8.80. The molecule has 4 rings (SSSR count). The summed E-state index contributed by atoms with van der Waals surface area (Å²) in [5.41, 5.74) is 2.64. The van der Waals surface area contributed by atoms with E-state index in [0.717, 1.165) is 27.9 Å². The Morgan fingerprint density at radius 1 is 1.09 bits per heavy atom. The first kappa shape index (κ1) is 24.1. The minimum atomic E-state index is -0.130. The quantitative estimate of drug-likeness (QED) is 0.413. The third-order valence-corrected chi connectivity index (χ3v) is 6.35. The van der Waals surface area contributed by atoms with Crippen molar-refractivity contribution in [1.82, 2.24) is 20.1 Å². The zero-order valence-electron chi connectivity index (χ0n) is 19.4. The van der Waals surface area contributed by atoms with Gasteiger partial charge in [0.15, 0.2) is 22.5 Å². The van der Waals surface area contributed by atoms with Crippen LogP contribution in [0, 0.1) is 0 Å². The van der Waals surface area contributed by atoms with Crippen LogP contribution in [-0.2, 0) is 28.4 Å². The van der Waals surface area contributed by atoms with E-state index in [1.165, 1.54) is 0 Å². The van der Waals surface area contributed by atoms with Crippen LogP contribution in [0.15, 0.2) is 47.6 Å². The van der Waals surface area contributed by atoms with E-state index in [4.69, 9.17) is 18.9 Å². The minimum Gasteiger partial charge on any atom is -0.454 e. The molecule has 10 heteroatoms. The number of hydrogen-bond donors (Lipinski definition) is 1. The number of amides is 1. The van der Waals surface area contributed by atoms with Gasteiger partial charge in [-0.05, 0) is 42.3 Å². The van der Waals surface area contributed by atoms with E-state index in [9.17, 15) is 4.79 Å². The monoisotopic (exact) mass is 484 g/mol. The first-order valence-corrected chi connectivity index (χ1v) is 11.9. The molecule has 1 amide bonds. The van der Waals surface area contributed by atoms with Gasteiger partial charge in [0.25, 0.3) is 5.91 Å². The molecule has 0 spiro atoms. The third kappa shape index (κ3) is 5.69. The molecule has 0 unspecified atom stereocenters. The van der Waals surface area contributed by atoms with E-state index < -0.39 is 0 Å². The Hall–Kier alpha value is -3.08. The number of ether oxygens (including phenoxy) is 4. The third-order valence-electron chi connectivity index (χ3n) is 5.33. The predicted octanol–water partition coefficient (Wildman–Crippen LogP) is 3.58. The van der Waals surface area contributed by atoms with Crippen molar-refractivity contribution in [2.75, 3.05) is 27.6 Å². The number of fused-ring (bicyclic) bond motifs is 1. The van der Waals surface area contributed by atoms with Crippen LogP contribution in [0.25, 0.3) is 0 Å². The molecule has 0 saturated carbocycles. The summed E-state index contributed by atoms with van der Waals surface area (Å²) in [5, 5.41) is 12.4. The molecule has 1 N–H and O–H groups in total. The van der Waals surface area contributed by atoms with E-state index in [-0.39, 0.29) is 18.7 Å². The van der Waals surface area contributed by atoms with Crippen molar-refractivity contribution >= 4 is 17.7 Å². The fraction of sp³-hybridized carbons (Fsp3) is 0.375. The number of nitrogens with zero attached hydrogens (tertiary/aromatic N) is 3. The molecule has 34 heavy (non-hydrogen) atoms. The summed E-state index contributed by atoms with van der Waals surface area (Å²) < 4.78 is 23.3. The lowest BCUT2D eigenvalue weighted by Gasteiger charge is -2.17. The second-order valence-electron chi connectivity index (χ2n) is 7.86. The number of nitrogens with one attached hydrogen (secondary N) is 1. The van der Waals surface area contributed by atoms with E-state index in [0.29, 0.717) is 36.8 Å². The first-order chi connectivity index (χ1) is 16.6. The number of hydrogen-bond acceptors (Lipinski definition) is 8. The Morgan fingerprint density at radius 2 is 1.85 bits per heavy atom. The lowest BCUT2D eigenvalue weighted by Crippen LogP contribution is -2.22. The zero-order chi connectivity index (χ0) is 23.9. The zero-order valence-corrected chi connectivity index (χ0v) is 20.3. The molecule has 2 heterocycles. The lowest BCUT2D eigenvalue weighted by atomic mass is 10.1. The molecule has 1 aliphatic rings. The first-order valence-electron chi connectivity index (χ1n) is 10.9. The highest BCUT2D eigenvalue weighted by Gasteiger charge is 2.18. The number of rotatable bonds is 11. The van der Waals surface area contributed by atoms with Crippen LogP contribution in [0.5, 0.6) is 11.5 Å². The van der Waals surface area contributed by atoms with E-state index in [2.05, 4.69) is 27.0 Å². The summed E-state index contributed by atoms with van der Waals surface area (Å²) in [5.74, 6) is 2.77. The van der Waals surface area contributed by atoms with Crippen LogP contribution in [0.3, 0.4) is 0 Å². The van der Waals surface area contributed by atoms with Gasteiger partial charge in [-0.1, -0.05) is 30.0 Å². The molecule has 0 saturated heterocycles. The maximum absolute atomic E-state index is 12.6. The molecular weight excluding hydrogens is 456 g/mol. The van der Waals surface area contributed by atoms with Gasteiger partial charge in [-0.25, -0.2) is 0 Å². The molecule has 3 aromatic rings. The molecular formula is C24H28N4O5S. The maximum Gasteiger partial charge on any atom is 0.251 e. The van der Waals surface area contributed by atoms with Crippen molar-refractivity contribution in [3.63, 3.8) is 0 Å². The maximum atomic E-state index is 12.6. The highest BCUT2D eigenvalue weighted by atomic mass is 32.2. The Labute approximate surface area is 202 Å². The molecule has 0 fully saturated rings. The van der Waals surface area contributed by atoms with Crippen molar-refractivity contribution in [1.29, 1.82) is 0 Å². The standard InChI is InChI=1S/C24H28N4O5S/c1-16(12-30-2)28-22(13-31-3)26-27-24(28)34-14-17-4-7-19(8-5-17)23(29)25-11-18-6-9-20-21(10-18)33-15-32-20/h4-10,16H,11-15H2,1-3H3,(H,25,29)/t16-/m1/s1. The number of methoxy groups -OCH3 is 2. The van der Waals surface area contributed by atoms with Gasteiger partial charge in [0.1, 0.15) is 6.61 Å². The van der Waals surface area contributed by atoms with Gasteiger partial charge in [0, 0.05) is 32.1 Å². The van der Waals surface area contributed by atoms with Crippen LogP contribution in [-0.4, -0.2) is 48.3 Å². The van der Waals surface area contributed by atoms with E-state index >= 15 is 0 Å². The lowest BCUT2D eigenvalue weighted by molar-refractivity contribution is 0.0951. The molecule has 1 aliphatic heterocycles. The largest absolute Gasteiger partial charge is 0.454 e. The van der Waals surface area contributed by atoms with Crippen molar-refractivity contribution in [2.24, 2.45) is 0 Å². The Balaban J connectivity index is 1.33. The van der Waals surface area contributed by atoms with Gasteiger partial charge < -0.3 is 24.3 Å². The number of benzene rings is 2. The van der Waals surface area contributed by atoms with Gasteiger partial charge in [-0.2, -0.15) is 0 Å². The summed E-state index contributed by atoms with van der Waals surface area (Å²) in [4.78, 5) is 12.6. The molecule has 0 bridgehead atoms. The van der Waals surface area contributed by atoms with Crippen LogP contribution >= 0.6 is 11.8 Å². The second kappa shape index (κ2) is 11.4. The summed E-state index contributed by atoms with van der Waals surface area (Å²) in [6.07, 6.45) is 0. The van der Waals surface area contributed by atoms with Gasteiger partial charge in [-0.3, -0.25) is 9.36 Å². The summed E-state index contributed by atoms with van der Waals surface area (Å²) in [6, 6.07) is 13.3. The molecule has 0 aliphatic carbocycles. The SMILES string of the molecule is COCc1nnc(SCc2ccc(C(=O)NCc3ccc4c(c3)OCO4)cc2)n1[C@H](C)COC. The van der Waals surface area contributed by atoms with Crippen molar-refractivity contribution in [2.45, 2.75) is 37.0 Å². The minimum absolute atomic E-state index is 0.0866. The van der Waals surface area contributed by atoms with Gasteiger partial charge in [0.05, 0.1) is 12.6 Å². The Bertz CT molecular complexity index is 1120. The normalized spacial score (nSPS) is 13.1. The molecule has 0 radical (unpaired) electrons. The van der Waals surface area contributed by atoms with Crippen molar-refractivity contribution in [3.05, 3.63) is 65.0 Å². The Kier molecular flexibility index (Phi) is 8.04. The van der Waals surface area contributed by atoms with Crippen molar-refractivity contribution < 1.29 is 23.7 Å². The molecule has 2 aromatic carbocycles. The van der Waals surface area contributed by atoms with Gasteiger partial charge in [0.2, 0.25) is 6.79 Å². The molecule has 1 atom stereocenters. The summed E-state index contributed by atoms with van der Waals surface area (Å²) >= 11 is 1.59. The van der Waals surface area contributed by atoms with E-state index in [1.807, 2.05) is 42.5 Å². The van der Waals surface area contributed by atoms with E-state index in [1.54, 1.807) is 26.0 Å². The number of thioether (sulfide) groups is 1. The predicted molar refractivity (Wildman–Crippen MR) is 127 cm³/mol. The highest BCUT2D eigenvalue weighted by molar-refractivity contribution is 7.98. The number of aromatic nitrogens is 3. The summed E-state index contributed by atoms with van der Waals surface area (Å²) in [7, 11) is 3.32. The molecule has 180 valence electrons. The van der Waals surface area contributed by atoms with Crippen LogP contribution in [0.2, 0.25) is 0 Å². The van der Waals surface area contributed by atoms with Gasteiger partial charge in [-0.15, -0.1) is 10.2 Å². The van der Waals surface area contributed by atoms with Crippen LogP contribution in [0.1, 0.15) is 40.3 Å². The van der Waals surface area contributed by atoms with Crippen molar-refractivity contribution in [3.8, 4) is 11.5 Å².